The number of imidazole rings is 1. The SMILES string of the molecule is Cc1ccccc1Cn1c(Oc2cccc(F)c2)nc2c1CCN(c1cnn(C3CCCCO3)c(=O)c1Cl)C2. The van der Waals surface area contributed by atoms with E-state index in [1.54, 1.807) is 18.3 Å². The Labute approximate surface area is 230 Å². The minimum Gasteiger partial charge on any atom is -0.425 e. The van der Waals surface area contributed by atoms with Crippen LogP contribution in [0.4, 0.5) is 10.1 Å². The molecule has 8 nitrogen and oxygen atoms in total. The molecule has 4 heterocycles. The number of hydrogen-bond donors (Lipinski definition) is 0. The van der Waals surface area contributed by atoms with Crippen LogP contribution in [0.5, 0.6) is 11.8 Å². The minimum atomic E-state index is -0.384. The van der Waals surface area contributed by atoms with Gasteiger partial charge in [-0.25, -0.2) is 4.39 Å². The summed E-state index contributed by atoms with van der Waals surface area (Å²) in [6, 6.07) is 14.6. The Balaban J connectivity index is 1.32. The lowest BCUT2D eigenvalue weighted by Gasteiger charge is -2.30. The van der Waals surface area contributed by atoms with Gasteiger partial charge in [-0.05, 0) is 49.4 Å². The fourth-order valence-electron chi connectivity index (χ4n) is 5.24. The predicted octanol–water partition coefficient (Wildman–Crippen LogP) is 5.64. The zero-order chi connectivity index (χ0) is 26.9. The smallest absolute Gasteiger partial charge is 0.302 e. The third kappa shape index (κ3) is 5.16. The molecule has 0 saturated carbocycles. The van der Waals surface area contributed by atoms with Crippen LogP contribution < -0.4 is 15.2 Å². The molecule has 39 heavy (non-hydrogen) atoms. The molecule has 6 rings (SSSR count). The van der Waals surface area contributed by atoms with Crippen molar-refractivity contribution in [2.75, 3.05) is 18.1 Å². The van der Waals surface area contributed by atoms with Crippen molar-refractivity contribution in [2.45, 2.75) is 51.9 Å². The summed E-state index contributed by atoms with van der Waals surface area (Å²) < 4.78 is 29.1. The molecule has 2 aliphatic rings. The molecule has 1 fully saturated rings. The van der Waals surface area contributed by atoms with Gasteiger partial charge in [0, 0.05) is 31.3 Å². The average molecular weight is 550 g/mol. The Bertz CT molecular complexity index is 1560. The number of hydrogen-bond acceptors (Lipinski definition) is 6. The summed E-state index contributed by atoms with van der Waals surface area (Å²) in [7, 11) is 0. The molecular weight excluding hydrogens is 521 g/mol. The number of nitrogens with zero attached hydrogens (tertiary/aromatic N) is 5. The topological polar surface area (TPSA) is 74.4 Å². The van der Waals surface area contributed by atoms with E-state index >= 15 is 0 Å². The molecule has 4 aromatic rings. The van der Waals surface area contributed by atoms with Crippen LogP contribution in [0.15, 0.2) is 59.5 Å². The van der Waals surface area contributed by atoms with Crippen LogP contribution in [0.1, 0.15) is 48.0 Å². The predicted molar refractivity (Wildman–Crippen MR) is 146 cm³/mol. The molecule has 2 aliphatic heterocycles. The van der Waals surface area contributed by atoms with Gasteiger partial charge in [0.15, 0.2) is 6.23 Å². The van der Waals surface area contributed by atoms with E-state index in [1.807, 2.05) is 17.0 Å². The Kier molecular flexibility index (Phi) is 7.10. The van der Waals surface area contributed by atoms with Gasteiger partial charge in [-0.1, -0.05) is 41.9 Å². The number of anilines is 1. The van der Waals surface area contributed by atoms with Crippen molar-refractivity contribution in [3.63, 3.8) is 0 Å². The number of ether oxygens (including phenoxy) is 2. The van der Waals surface area contributed by atoms with E-state index in [-0.39, 0.29) is 22.6 Å². The van der Waals surface area contributed by atoms with E-state index in [0.29, 0.717) is 50.1 Å². The zero-order valence-electron chi connectivity index (χ0n) is 21.6. The van der Waals surface area contributed by atoms with E-state index in [9.17, 15) is 9.18 Å². The van der Waals surface area contributed by atoms with Crippen LogP contribution in [0.2, 0.25) is 5.02 Å². The lowest BCUT2D eigenvalue weighted by atomic mass is 10.1. The quantitative estimate of drug-likeness (QED) is 0.310. The Morgan fingerprint density at radius 1 is 1.18 bits per heavy atom. The molecule has 0 spiro atoms. The van der Waals surface area contributed by atoms with Crippen molar-refractivity contribution in [1.29, 1.82) is 0 Å². The van der Waals surface area contributed by atoms with Crippen LogP contribution in [-0.2, 0) is 24.2 Å². The summed E-state index contributed by atoms with van der Waals surface area (Å²) in [5.74, 6) is -0.00280. The monoisotopic (exact) mass is 549 g/mol. The van der Waals surface area contributed by atoms with Crippen LogP contribution >= 0.6 is 11.6 Å². The molecule has 10 heteroatoms. The van der Waals surface area contributed by atoms with Gasteiger partial charge in [0.05, 0.1) is 30.7 Å². The normalized spacial score (nSPS) is 17.2. The standard InChI is InChI=1S/C29H29ClFN5O3/c1-19-7-2-3-8-20(19)17-35-24-12-13-34(18-23(24)33-29(35)39-22-10-6-9-21(31)15-22)25-16-32-36(28(37)27(25)30)26-11-4-5-14-38-26/h2-3,6-10,15-16,26H,4-5,11-14,17-18H2,1H3. The molecule has 0 amide bonds. The maximum atomic E-state index is 13.9. The van der Waals surface area contributed by atoms with Gasteiger partial charge >= 0.3 is 6.01 Å². The van der Waals surface area contributed by atoms with E-state index in [2.05, 4.69) is 28.7 Å². The van der Waals surface area contributed by atoms with Crippen molar-refractivity contribution >= 4 is 17.3 Å². The van der Waals surface area contributed by atoms with E-state index in [0.717, 1.165) is 41.8 Å². The highest BCUT2D eigenvalue weighted by Gasteiger charge is 2.29. The van der Waals surface area contributed by atoms with E-state index in [1.165, 1.54) is 16.8 Å². The fourth-order valence-corrected chi connectivity index (χ4v) is 5.49. The second-order valence-electron chi connectivity index (χ2n) is 9.95. The van der Waals surface area contributed by atoms with Crippen molar-refractivity contribution < 1.29 is 13.9 Å². The maximum absolute atomic E-state index is 13.9. The van der Waals surface area contributed by atoms with Crippen molar-refractivity contribution in [3.05, 3.63) is 98.4 Å². The highest BCUT2D eigenvalue weighted by molar-refractivity contribution is 6.33. The summed E-state index contributed by atoms with van der Waals surface area (Å²) in [6.07, 6.45) is 4.62. The van der Waals surface area contributed by atoms with E-state index < -0.39 is 0 Å². The van der Waals surface area contributed by atoms with Crippen LogP contribution in [-0.4, -0.2) is 32.5 Å². The van der Waals surface area contributed by atoms with Crippen molar-refractivity contribution in [2.24, 2.45) is 0 Å². The molecular formula is C29H29ClFN5O3. The first-order valence-corrected chi connectivity index (χ1v) is 13.6. The van der Waals surface area contributed by atoms with Gasteiger partial charge in [-0.15, -0.1) is 0 Å². The Morgan fingerprint density at radius 2 is 2.05 bits per heavy atom. The van der Waals surface area contributed by atoms with Gasteiger partial charge in [0.25, 0.3) is 5.56 Å². The second-order valence-corrected chi connectivity index (χ2v) is 10.3. The highest BCUT2D eigenvalue weighted by Crippen LogP contribution is 2.33. The largest absolute Gasteiger partial charge is 0.425 e. The number of aryl methyl sites for hydroxylation is 1. The summed E-state index contributed by atoms with van der Waals surface area (Å²) in [5.41, 5.74) is 4.37. The molecule has 0 aliphatic carbocycles. The zero-order valence-corrected chi connectivity index (χ0v) is 22.4. The van der Waals surface area contributed by atoms with Crippen LogP contribution in [0.3, 0.4) is 0 Å². The molecule has 202 valence electrons. The molecule has 2 aromatic heterocycles. The maximum Gasteiger partial charge on any atom is 0.302 e. The van der Waals surface area contributed by atoms with Gasteiger partial charge in [-0.3, -0.25) is 9.36 Å². The molecule has 1 unspecified atom stereocenters. The second kappa shape index (κ2) is 10.8. The molecule has 2 aromatic carbocycles. The van der Waals surface area contributed by atoms with Gasteiger partial charge in [0.1, 0.15) is 16.6 Å². The molecule has 0 bridgehead atoms. The Hall–Kier alpha value is -3.69. The van der Waals surface area contributed by atoms with Crippen molar-refractivity contribution in [3.8, 4) is 11.8 Å². The van der Waals surface area contributed by atoms with Gasteiger partial charge < -0.3 is 14.4 Å². The summed E-state index contributed by atoms with van der Waals surface area (Å²) in [4.78, 5) is 19.9. The first-order chi connectivity index (χ1) is 19.0. The molecule has 0 radical (unpaired) electrons. The average Bonchev–Trinajstić information content (AvgIpc) is 3.27. The van der Waals surface area contributed by atoms with Gasteiger partial charge in [-0.2, -0.15) is 14.8 Å². The van der Waals surface area contributed by atoms with Gasteiger partial charge in [0.2, 0.25) is 0 Å². The third-order valence-electron chi connectivity index (χ3n) is 7.37. The summed E-state index contributed by atoms with van der Waals surface area (Å²) in [5, 5.41) is 4.54. The lowest BCUT2D eigenvalue weighted by Crippen LogP contribution is -2.36. The summed E-state index contributed by atoms with van der Waals surface area (Å²) >= 11 is 6.61. The van der Waals surface area contributed by atoms with Crippen LogP contribution in [0.25, 0.3) is 0 Å². The number of benzene rings is 2. The Morgan fingerprint density at radius 3 is 2.85 bits per heavy atom. The van der Waals surface area contributed by atoms with Crippen LogP contribution in [0, 0.1) is 12.7 Å². The number of rotatable bonds is 6. The first kappa shape index (κ1) is 25.6. The van der Waals surface area contributed by atoms with Crippen molar-refractivity contribution in [1.82, 2.24) is 19.3 Å². The summed E-state index contributed by atoms with van der Waals surface area (Å²) in [6.45, 7) is 4.30. The van der Waals surface area contributed by atoms with E-state index in [4.69, 9.17) is 26.1 Å². The molecule has 1 atom stereocenters. The first-order valence-electron chi connectivity index (χ1n) is 13.2. The fraction of sp³-hybridized carbons (Fsp3) is 0.345. The number of fused-ring (bicyclic) bond motifs is 1. The number of halogens is 2. The third-order valence-corrected chi connectivity index (χ3v) is 7.72. The lowest BCUT2D eigenvalue weighted by molar-refractivity contribution is -0.0424. The molecule has 0 N–H and O–H groups in total. The minimum absolute atomic E-state index is 0.123. The highest BCUT2D eigenvalue weighted by atomic mass is 35.5. The number of aromatic nitrogens is 4. The molecule has 1 saturated heterocycles.